The average molecular weight is 405 g/mol. The topological polar surface area (TPSA) is 39.4 Å². The number of fused-ring (bicyclic) bond motifs is 1. The second-order valence-electron chi connectivity index (χ2n) is 7.33. The molecule has 0 aliphatic carbocycles. The smallest absolute Gasteiger partial charge is 0.235 e. The normalized spacial score (nSPS) is 11.0. The van der Waals surface area contributed by atoms with Crippen LogP contribution in [0.5, 0.6) is 5.75 Å². The number of aryl methyl sites for hydroxylation is 3. The molecule has 0 radical (unpaired) electrons. The second-order valence-corrected chi connectivity index (χ2v) is 7.77. The minimum Gasteiger partial charge on any atom is -0.481 e. The van der Waals surface area contributed by atoms with E-state index in [0.29, 0.717) is 21.8 Å². The molecule has 1 aromatic heterocycles. The molecule has 0 spiro atoms. The van der Waals surface area contributed by atoms with Crippen LogP contribution >= 0.6 is 11.6 Å². The molecule has 0 aliphatic heterocycles. The van der Waals surface area contributed by atoms with Crippen molar-refractivity contribution < 1.29 is 9.15 Å². The minimum absolute atomic E-state index is 0.165. The van der Waals surface area contributed by atoms with E-state index in [1.165, 1.54) is 0 Å². The summed E-state index contributed by atoms with van der Waals surface area (Å²) in [6, 6.07) is 19.1. The molecule has 0 bridgehead atoms. The van der Waals surface area contributed by atoms with Gasteiger partial charge in [-0.1, -0.05) is 59.6 Å². The Bertz CT molecular complexity index is 1250. The maximum absolute atomic E-state index is 13.4. The Morgan fingerprint density at radius 3 is 2.41 bits per heavy atom. The van der Waals surface area contributed by atoms with Crippen LogP contribution in [-0.4, -0.2) is 0 Å². The average Bonchev–Trinajstić information content (AvgIpc) is 2.67. The minimum atomic E-state index is -0.165. The third-order valence-electron chi connectivity index (χ3n) is 4.88. The second kappa shape index (κ2) is 7.76. The Balaban J connectivity index is 1.89. The van der Waals surface area contributed by atoms with Crippen LogP contribution in [0, 0.1) is 20.8 Å². The quantitative estimate of drug-likeness (QED) is 0.383. The van der Waals surface area contributed by atoms with E-state index in [1.807, 2.05) is 75.4 Å². The van der Waals surface area contributed by atoms with Gasteiger partial charge in [-0.2, -0.15) is 0 Å². The summed E-state index contributed by atoms with van der Waals surface area (Å²) in [6.45, 7) is 6.14. The molecule has 3 nitrogen and oxygen atoms in total. The number of ether oxygens (including phenoxy) is 1. The highest BCUT2D eigenvalue weighted by Crippen LogP contribution is 2.33. The summed E-state index contributed by atoms with van der Waals surface area (Å²) in [4.78, 5) is 13.4. The van der Waals surface area contributed by atoms with Crippen molar-refractivity contribution in [3.8, 4) is 17.1 Å². The zero-order valence-corrected chi connectivity index (χ0v) is 17.3. The fourth-order valence-electron chi connectivity index (χ4n) is 3.48. The molecule has 0 atom stereocenters. The summed E-state index contributed by atoms with van der Waals surface area (Å²) in [6.07, 6.45) is 0. The van der Waals surface area contributed by atoms with Crippen molar-refractivity contribution in [2.24, 2.45) is 0 Å². The van der Waals surface area contributed by atoms with Gasteiger partial charge in [0, 0.05) is 10.6 Å². The zero-order valence-electron chi connectivity index (χ0n) is 16.6. The van der Waals surface area contributed by atoms with Crippen LogP contribution in [0.15, 0.2) is 69.9 Å². The Hall–Kier alpha value is -3.04. The Morgan fingerprint density at radius 1 is 0.931 bits per heavy atom. The van der Waals surface area contributed by atoms with Crippen molar-refractivity contribution in [3.63, 3.8) is 0 Å². The van der Waals surface area contributed by atoms with Crippen molar-refractivity contribution in [2.45, 2.75) is 27.4 Å². The summed E-state index contributed by atoms with van der Waals surface area (Å²) in [5.41, 5.74) is 5.13. The van der Waals surface area contributed by atoms with E-state index in [9.17, 15) is 4.79 Å². The summed E-state index contributed by atoms with van der Waals surface area (Å²) < 4.78 is 12.2. The maximum atomic E-state index is 13.4. The Labute approximate surface area is 174 Å². The van der Waals surface area contributed by atoms with Gasteiger partial charge in [-0.15, -0.1) is 0 Å². The van der Waals surface area contributed by atoms with Gasteiger partial charge in [0.25, 0.3) is 0 Å². The molecule has 0 saturated heterocycles. The molecule has 4 heteroatoms. The van der Waals surface area contributed by atoms with Gasteiger partial charge in [-0.25, -0.2) is 0 Å². The molecule has 0 saturated carbocycles. The summed E-state index contributed by atoms with van der Waals surface area (Å²) >= 11 is 6.08. The van der Waals surface area contributed by atoms with Crippen molar-refractivity contribution >= 4 is 22.6 Å². The molecule has 0 aliphatic rings. The molecule has 0 fully saturated rings. The highest BCUT2D eigenvalue weighted by Gasteiger charge is 2.19. The van der Waals surface area contributed by atoms with E-state index in [2.05, 4.69) is 0 Å². The molecule has 0 N–H and O–H groups in total. The lowest BCUT2D eigenvalue weighted by molar-refractivity contribution is 0.298. The van der Waals surface area contributed by atoms with E-state index in [-0.39, 0.29) is 17.8 Å². The lowest BCUT2D eigenvalue weighted by atomic mass is 10.0. The maximum Gasteiger partial charge on any atom is 0.235 e. The van der Waals surface area contributed by atoms with Gasteiger partial charge in [0.15, 0.2) is 5.76 Å². The molecule has 3 aromatic carbocycles. The van der Waals surface area contributed by atoms with Crippen molar-refractivity contribution in [1.29, 1.82) is 0 Å². The van der Waals surface area contributed by atoms with E-state index in [0.717, 1.165) is 27.8 Å². The fraction of sp³-hybridized carbons (Fsp3) is 0.160. The van der Waals surface area contributed by atoms with Crippen LogP contribution < -0.4 is 10.2 Å². The van der Waals surface area contributed by atoms with Gasteiger partial charge in [0.2, 0.25) is 11.2 Å². The van der Waals surface area contributed by atoms with Crippen LogP contribution in [0.4, 0.5) is 0 Å². The molecular formula is C25H21ClO3. The third-order valence-corrected chi connectivity index (χ3v) is 5.12. The highest BCUT2D eigenvalue weighted by atomic mass is 35.5. The molecule has 1 heterocycles. The number of rotatable bonds is 4. The van der Waals surface area contributed by atoms with Gasteiger partial charge in [0.05, 0.1) is 5.39 Å². The fourth-order valence-corrected chi connectivity index (χ4v) is 3.69. The van der Waals surface area contributed by atoms with E-state index in [1.54, 1.807) is 6.07 Å². The standard InChI is InChI=1S/C25H21ClO3/c1-15-7-9-19(10-8-15)24-25(28-14-18-5-4-6-20(26)13-18)23(27)22-17(3)11-16(2)12-21(22)29-24/h4-13H,14H2,1-3H3. The lowest BCUT2D eigenvalue weighted by Crippen LogP contribution is -2.11. The molecular weight excluding hydrogens is 384 g/mol. The van der Waals surface area contributed by atoms with Crippen LogP contribution in [0.3, 0.4) is 0 Å². The van der Waals surface area contributed by atoms with Crippen LogP contribution in [0.2, 0.25) is 5.02 Å². The van der Waals surface area contributed by atoms with Crippen LogP contribution in [0.1, 0.15) is 22.3 Å². The number of hydrogen-bond donors (Lipinski definition) is 0. The molecule has 4 aromatic rings. The zero-order chi connectivity index (χ0) is 20.5. The van der Waals surface area contributed by atoms with Crippen LogP contribution in [-0.2, 0) is 6.61 Å². The first-order valence-electron chi connectivity index (χ1n) is 9.45. The first kappa shape index (κ1) is 19.3. The van der Waals surface area contributed by atoms with Crippen molar-refractivity contribution in [2.75, 3.05) is 0 Å². The Kier molecular flexibility index (Phi) is 5.16. The van der Waals surface area contributed by atoms with E-state index in [4.69, 9.17) is 20.8 Å². The molecule has 146 valence electrons. The monoisotopic (exact) mass is 404 g/mol. The van der Waals surface area contributed by atoms with E-state index >= 15 is 0 Å². The van der Waals surface area contributed by atoms with Gasteiger partial charge in [-0.3, -0.25) is 4.79 Å². The predicted molar refractivity (Wildman–Crippen MR) is 118 cm³/mol. The van der Waals surface area contributed by atoms with Crippen molar-refractivity contribution in [3.05, 3.63) is 98.2 Å². The van der Waals surface area contributed by atoms with Crippen molar-refractivity contribution in [1.82, 2.24) is 0 Å². The lowest BCUT2D eigenvalue weighted by Gasteiger charge is -2.13. The molecule has 0 unspecified atom stereocenters. The Morgan fingerprint density at radius 2 is 1.69 bits per heavy atom. The van der Waals surface area contributed by atoms with Gasteiger partial charge < -0.3 is 9.15 Å². The SMILES string of the molecule is Cc1ccc(-c2oc3cc(C)cc(C)c3c(=O)c2OCc2cccc(Cl)c2)cc1. The number of benzene rings is 3. The predicted octanol–water partition coefficient (Wildman–Crippen LogP) is 6.62. The molecule has 4 rings (SSSR count). The summed E-state index contributed by atoms with van der Waals surface area (Å²) in [5.74, 6) is 0.655. The third kappa shape index (κ3) is 3.92. The first-order chi connectivity index (χ1) is 13.9. The number of halogens is 1. The first-order valence-corrected chi connectivity index (χ1v) is 9.82. The summed E-state index contributed by atoms with van der Waals surface area (Å²) in [7, 11) is 0. The van der Waals surface area contributed by atoms with Gasteiger partial charge in [0.1, 0.15) is 12.2 Å². The van der Waals surface area contributed by atoms with Gasteiger partial charge >= 0.3 is 0 Å². The molecule has 29 heavy (non-hydrogen) atoms. The highest BCUT2D eigenvalue weighted by molar-refractivity contribution is 6.30. The number of hydrogen-bond acceptors (Lipinski definition) is 3. The van der Waals surface area contributed by atoms with E-state index < -0.39 is 0 Å². The van der Waals surface area contributed by atoms with Crippen LogP contribution in [0.25, 0.3) is 22.3 Å². The van der Waals surface area contributed by atoms with Gasteiger partial charge in [-0.05, 0) is 55.7 Å². The largest absolute Gasteiger partial charge is 0.481 e. The summed E-state index contributed by atoms with van der Waals surface area (Å²) in [5, 5.41) is 1.18. The molecule has 0 amide bonds.